The van der Waals surface area contributed by atoms with Crippen molar-refractivity contribution in [2.45, 2.75) is 31.2 Å². The molecule has 7 heteroatoms. The van der Waals surface area contributed by atoms with Crippen molar-refractivity contribution in [3.63, 3.8) is 0 Å². The first-order valence-electron chi connectivity index (χ1n) is 8.20. The predicted octanol–water partition coefficient (Wildman–Crippen LogP) is 2.90. The summed E-state index contributed by atoms with van der Waals surface area (Å²) >= 11 is 6.04. The summed E-state index contributed by atoms with van der Waals surface area (Å²) in [5.41, 5.74) is 1.58. The van der Waals surface area contributed by atoms with Crippen molar-refractivity contribution in [1.29, 1.82) is 0 Å². The molecule has 1 saturated carbocycles. The van der Waals surface area contributed by atoms with Gasteiger partial charge in [-0.2, -0.15) is 0 Å². The SMILES string of the molecule is COc1ccc(Cl)cc1C(=O)N1CC[C@@H](n2cc(C3CC3)nn2)C1. The minimum atomic E-state index is -0.0561. The van der Waals surface area contributed by atoms with Crippen molar-refractivity contribution in [2.75, 3.05) is 20.2 Å². The van der Waals surface area contributed by atoms with Crippen LogP contribution in [-0.4, -0.2) is 46.0 Å². The van der Waals surface area contributed by atoms with Gasteiger partial charge in [-0.15, -0.1) is 5.10 Å². The van der Waals surface area contributed by atoms with Crippen LogP contribution in [0.4, 0.5) is 0 Å². The highest BCUT2D eigenvalue weighted by molar-refractivity contribution is 6.31. The van der Waals surface area contributed by atoms with Gasteiger partial charge >= 0.3 is 0 Å². The Morgan fingerprint density at radius 2 is 2.17 bits per heavy atom. The van der Waals surface area contributed by atoms with Gasteiger partial charge in [-0.25, -0.2) is 4.68 Å². The number of aromatic nitrogens is 3. The molecule has 6 nitrogen and oxygen atoms in total. The van der Waals surface area contributed by atoms with E-state index in [1.54, 1.807) is 25.3 Å². The molecule has 1 aliphatic carbocycles. The molecular formula is C17H19ClN4O2. The van der Waals surface area contributed by atoms with Crippen LogP contribution in [0.25, 0.3) is 0 Å². The average molecular weight is 347 g/mol. The molecule has 1 aromatic heterocycles. The third-order valence-corrected chi connectivity index (χ3v) is 4.98. The van der Waals surface area contributed by atoms with Gasteiger partial charge < -0.3 is 9.64 Å². The molecule has 1 atom stereocenters. The molecule has 4 rings (SSSR count). The van der Waals surface area contributed by atoms with E-state index in [4.69, 9.17) is 16.3 Å². The van der Waals surface area contributed by atoms with Gasteiger partial charge in [0.05, 0.1) is 24.4 Å². The fraction of sp³-hybridized carbons (Fsp3) is 0.471. The van der Waals surface area contributed by atoms with E-state index in [1.165, 1.54) is 12.8 Å². The van der Waals surface area contributed by atoms with Gasteiger partial charge in [0.1, 0.15) is 5.75 Å². The molecule has 2 aromatic rings. The maximum absolute atomic E-state index is 12.8. The van der Waals surface area contributed by atoms with Crippen LogP contribution < -0.4 is 4.74 Å². The van der Waals surface area contributed by atoms with Gasteiger partial charge in [-0.05, 0) is 37.5 Å². The fourth-order valence-corrected chi connectivity index (χ4v) is 3.37. The largest absolute Gasteiger partial charge is 0.496 e. The number of hydrogen-bond donors (Lipinski definition) is 0. The summed E-state index contributed by atoms with van der Waals surface area (Å²) in [5, 5.41) is 9.05. The van der Waals surface area contributed by atoms with E-state index < -0.39 is 0 Å². The molecule has 1 aliphatic heterocycles. The Balaban J connectivity index is 1.49. The number of benzene rings is 1. The van der Waals surface area contributed by atoms with Crippen molar-refractivity contribution in [3.8, 4) is 5.75 Å². The number of likely N-dealkylation sites (tertiary alicyclic amines) is 1. The third-order valence-electron chi connectivity index (χ3n) is 4.74. The van der Waals surface area contributed by atoms with E-state index in [0.717, 1.165) is 12.1 Å². The van der Waals surface area contributed by atoms with Crippen LogP contribution in [0.5, 0.6) is 5.75 Å². The number of rotatable bonds is 4. The second-order valence-electron chi connectivity index (χ2n) is 6.44. The van der Waals surface area contributed by atoms with E-state index in [9.17, 15) is 4.79 Å². The van der Waals surface area contributed by atoms with Gasteiger partial charge in [-0.1, -0.05) is 16.8 Å². The molecule has 0 radical (unpaired) electrons. The molecule has 2 fully saturated rings. The quantitative estimate of drug-likeness (QED) is 0.854. The number of nitrogens with zero attached hydrogens (tertiary/aromatic N) is 4. The lowest BCUT2D eigenvalue weighted by Gasteiger charge is -2.18. The van der Waals surface area contributed by atoms with E-state index in [2.05, 4.69) is 10.3 Å². The Labute approximate surface area is 145 Å². The lowest BCUT2D eigenvalue weighted by molar-refractivity contribution is 0.0783. The van der Waals surface area contributed by atoms with E-state index in [0.29, 0.717) is 35.3 Å². The molecule has 0 unspecified atom stereocenters. The van der Waals surface area contributed by atoms with Crippen molar-refractivity contribution in [1.82, 2.24) is 19.9 Å². The highest BCUT2D eigenvalue weighted by atomic mass is 35.5. The first-order valence-corrected chi connectivity index (χ1v) is 8.58. The van der Waals surface area contributed by atoms with E-state index in [1.807, 2.05) is 15.8 Å². The second kappa shape index (κ2) is 6.09. The molecule has 2 aliphatic rings. The van der Waals surface area contributed by atoms with Crippen LogP contribution in [0.15, 0.2) is 24.4 Å². The number of halogens is 1. The summed E-state index contributed by atoms with van der Waals surface area (Å²) in [6.07, 6.45) is 5.34. The minimum absolute atomic E-state index is 0.0561. The maximum atomic E-state index is 12.8. The molecule has 0 spiro atoms. The summed E-state index contributed by atoms with van der Waals surface area (Å²) < 4.78 is 7.21. The van der Waals surface area contributed by atoms with Crippen molar-refractivity contribution >= 4 is 17.5 Å². The molecule has 2 heterocycles. The van der Waals surface area contributed by atoms with Crippen LogP contribution >= 0.6 is 11.6 Å². The van der Waals surface area contributed by atoms with Gasteiger partial charge in [0, 0.05) is 30.2 Å². The lowest BCUT2D eigenvalue weighted by Crippen LogP contribution is -2.29. The predicted molar refractivity (Wildman–Crippen MR) is 89.6 cm³/mol. The average Bonchev–Trinajstić information content (AvgIpc) is 3.12. The van der Waals surface area contributed by atoms with Crippen molar-refractivity contribution < 1.29 is 9.53 Å². The Kier molecular flexibility index (Phi) is 3.92. The maximum Gasteiger partial charge on any atom is 0.257 e. The number of ether oxygens (including phenoxy) is 1. The fourth-order valence-electron chi connectivity index (χ4n) is 3.19. The summed E-state index contributed by atoms with van der Waals surface area (Å²) in [5.74, 6) is 1.08. The van der Waals surface area contributed by atoms with Crippen molar-refractivity contribution in [3.05, 3.63) is 40.7 Å². The van der Waals surface area contributed by atoms with Crippen LogP contribution in [0.1, 0.15) is 47.3 Å². The zero-order chi connectivity index (χ0) is 16.7. The molecule has 0 N–H and O–H groups in total. The molecular weight excluding hydrogens is 328 g/mol. The minimum Gasteiger partial charge on any atom is -0.496 e. The number of hydrogen-bond acceptors (Lipinski definition) is 4. The second-order valence-corrected chi connectivity index (χ2v) is 6.87. The molecule has 126 valence electrons. The highest BCUT2D eigenvalue weighted by Crippen LogP contribution is 2.39. The zero-order valence-electron chi connectivity index (χ0n) is 13.5. The van der Waals surface area contributed by atoms with Crippen LogP contribution in [0, 0.1) is 0 Å². The first kappa shape index (κ1) is 15.4. The van der Waals surface area contributed by atoms with Crippen LogP contribution in [-0.2, 0) is 0 Å². The smallest absolute Gasteiger partial charge is 0.257 e. The number of carbonyl (C=O) groups is 1. The number of methoxy groups -OCH3 is 1. The van der Waals surface area contributed by atoms with Gasteiger partial charge in [0.15, 0.2) is 0 Å². The summed E-state index contributed by atoms with van der Waals surface area (Å²) in [6.45, 7) is 1.32. The molecule has 0 bridgehead atoms. The van der Waals surface area contributed by atoms with Crippen LogP contribution in [0.3, 0.4) is 0 Å². The summed E-state index contributed by atoms with van der Waals surface area (Å²) in [7, 11) is 1.56. The Bertz CT molecular complexity index is 772. The van der Waals surface area contributed by atoms with Crippen molar-refractivity contribution in [2.24, 2.45) is 0 Å². The molecule has 1 aromatic carbocycles. The highest BCUT2D eigenvalue weighted by Gasteiger charge is 2.32. The third kappa shape index (κ3) is 2.86. The van der Waals surface area contributed by atoms with Gasteiger partial charge in [0.25, 0.3) is 5.91 Å². The standard InChI is InChI=1S/C17H19ClN4O2/c1-24-16-5-4-12(18)8-14(16)17(23)21-7-6-13(9-21)22-10-15(19-20-22)11-2-3-11/h4-5,8,10-11,13H,2-3,6-7,9H2,1H3/t13-/m1/s1. The Hall–Kier alpha value is -2.08. The van der Waals surface area contributed by atoms with Gasteiger partial charge in [-0.3, -0.25) is 4.79 Å². The topological polar surface area (TPSA) is 60.2 Å². The summed E-state index contributed by atoms with van der Waals surface area (Å²) in [6, 6.07) is 5.29. The van der Waals surface area contributed by atoms with E-state index in [-0.39, 0.29) is 11.9 Å². The number of carbonyl (C=O) groups excluding carboxylic acids is 1. The first-order chi connectivity index (χ1) is 11.7. The normalized spacial score (nSPS) is 20.4. The monoisotopic (exact) mass is 346 g/mol. The molecule has 24 heavy (non-hydrogen) atoms. The van der Waals surface area contributed by atoms with E-state index >= 15 is 0 Å². The van der Waals surface area contributed by atoms with Gasteiger partial charge in [0.2, 0.25) is 0 Å². The summed E-state index contributed by atoms with van der Waals surface area (Å²) in [4.78, 5) is 14.7. The zero-order valence-corrected chi connectivity index (χ0v) is 14.2. The van der Waals surface area contributed by atoms with Crippen LogP contribution in [0.2, 0.25) is 5.02 Å². The Morgan fingerprint density at radius 3 is 2.92 bits per heavy atom. The lowest BCUT2D eigenvalue weighted by atomic mass is 10.1. The molecule has 1 amide bonds. The number of amides is 1. The molecule has 1 saturated heterocycles. The Morgan fingerprint density at radius 1 is 1.33 bits per heavy atom.